The number of benzene rings is 1. The molecule has 5 heteroatoms. The minimum atomic E-state index is -0.570. The highest BCUT2D eigenvalue weighted by atomic mass is 16.2. The van der Waals surface area contributed by atoms with Crippen LogP contribution in [0.4, 0.5) is 11.4 Å². The Balaban J connectivity index is 2.14. The van der Waals surface area contributed by atoms with E-state index in [-0.39, 0.29) is 17.2 Å². The number of nitrogens with one attached hydrogen (secondary N) is 1. The molecule has 1 heterocycles. The molecule has 3 N–H and O–H groups in total. The van der Waals surface area contributed by atoms with Crippen LogP contribution < -0.4 is 16.0 Å². The maximum Gasteiger partial charge on any atom is 0.241 e. The Morgan fingerprint density at radius 1 is 1.33 bits per heavy atom. The largest absolute Gasteiger partial charge is 0.325 e. The molecule has 0 saturated carbocycles. The maximum atomic E-state index is 12.1. The minimum Gasteiger partial charge on any atom is -0.325 e. The molecule has 1 aliphatic rings. The van der Waals surface area contributed by atoms with E-state index in [1.54, 1.807) is 11.8 Å². The fraction of sp³-hybridized carbons (Fsp3) is 0.500. The first-order valence-corrected chi connectivity index (χ1v) is 7.17. The topological polar surface area (TPSA) is 75.4 Å². The Kier molecular flexibility index (Phi) is 4.05. The van der Waals surface area contributed by atoms with Gasteiger partial charge in [-0.25, -0.2) is 0 Å². The molecule has 1 aromatic carbocycles. The van der Waals surface area contributed by atoms with Crippen LogP contribution in [0, 0.1) is 5.41 Å². The van der Waals surface area contributed by atoms with E-state index in [1.807, 2.05) is 39.0 Å². The molecule has 0 unspecified atom stereocenters. The molecule has 1 aromatic rings. The summed E-state index contributed by atoms with van der Waals surface area (Å²) in [6, 6.07) is 5.04. The smallest absolute Gasteiger partial charge is 0.241 e. The molecule has 114 valence electrons. The van der Waals surface area contributed by atoms with Gasteiger partial charge in [-0.3, -0.25) is 9.59 Å². The molecule has 1 atom stereocenters. The van der Waals surface area contributed by atoms with Crippen molar-refractivity contribution < 1.29 is 9.59 Å². The van der Waals surface area contributed by atoms with Crippen molar-refractivity contribution >= 4 is 23.2 Å². The number of nitrogens with two attached hydrogens (primary N) is 1. The summed E-state index contributed by atoms with van der Waals surface area (Å²) in [6.07, 6.45) is 0.809. The second-order valence-corrected chi connectivity index (χ2v) is 6.60. The number of rotatable bonds is 2. The number of carbonyl (C=O) groups excluding carboxylic acids is 2. The molecule has 0 radical (unpaired) electrons. The molecule has 2 amide bonds. The summed E-state index contributed by atoms with van der Waals surface area (Å²) < 4.78 is 0. The molecule has 0 saturated heterocycles. The van der Waals surface area contributed by atoms with E-state index in [1.165, 1.54) is 0 Å². The fourth-order valence-electron chi connectivity index (χ4n) is 2.42. The van der Waals surface area contributed by atoms with Gasteiger partial charge in [0.25, 0.3) is 0 Å². The third-order valence-electron chi connectivity index (χ3n) is 3.84. The van der Waals surface area contributed by atoms with Crippen LogP contribution in [0.15, 0.2) is 18.2 Å². The molecule has 2 rings (SSSR count). The molecule has 5 nitrogen and oxygen atoms in total. The van der Waals surface area contributed by atoms with Gasteiger partial charge in [0.1, 0.15) is 0 Å². The predicted molar refractivity (Wildman–Crippen MR) is 84.2 cm³/mol. The summed E-state index contributed by atoms with van der Waals surface area (Å²) in [5, 5.41) is 2.85. The molecular formula is C16H23N3O2. The minimum absolute atomic E-state index is 0.0419. The van der Waals surface area contributed by atoms with Gasteiger partial charge >= 0.3 is 0 Å². The third-order valence-corrected chi connectivity index (χ3v) is 3.84. The Hall–Kier alpha value is -1.88. The molecule has 0 spiro atoms. The molecule has 0 aromatic heterocycles. The number of anilines is 2. The zero-order valence-electron chi connectivity index (χ0n) is 13.1. The number of nitrogens with zero attached hydrogens (tertiary/aromatic N) is 1. The third kappa shape index (κ3) is 3.24. The Morgan fingerprint density at radius 2 is 2.00 bits per heavy atom. The van der Waals surface area contributed by atoms with E-state index in [0.29, 0.717) is 6.54 Å². The van der Waals surface area contributed by atoms with Crippen LogP contribution >= 0.6 is 0 Å². The second kappa shape index (κ2) is 5.48. The number of hydrogen-bond acceptors (Lipinski definition) is 3. The summed E-state index contributed by atoms with van der Waals surface area (Å²) >= 11 is 0. The Morgan fingerprint density at radius 3 is 2.57 bits per heavy atom. The first-order chi connectivity index (χ1) is 9.70. The van der Waals surface area contributed by atoms with E-state index < -0.39 is 6.04 Å². The van der Waals surface area contributed by atoms with Crippen molar-refractivity contribution in [3.63, 3.8) is 0 Å². The van der Waals surface area contributed by atoms with Gasteiger partial charge in [-0.15, -0.1) is 0 Å². The van der Waals surface area contributed by atoms with Gasteiger partial charge in [-0.05, 0) is 35.6 Å². The Bertz CT molecular complexity index is 575. The molecular weight excluding hydrogens is 266 g/mol. The van der Waals surface area contributed by atoms with Gasteiger partial charge in [-0.2, -0.15) is 0 Å². The van der Waals surface area contributed by atoms with Crippen LogP contribution in [0.3, 0.4) is 0 Å². The lowest BCUT2D eigenvalue weighted by atomic mass is 9.87. The van der Waals surface area contributed by atoms with Gasteiger partial charge in [0.05, 0.1) is 6.04 Å². The van der Waals surface area contributed by atoms with Crippen LogP contribution in [0.1, 0.15) is 33.3 Å². The highest BCUT2D eigenvalue weighted by Gasteiger charge is 2.28. The molecule has 0 aliphatic carbocycles. The highest BCUT2D eigenvalue weighted by Crippen LogP contribution is 2.30. The first-order valence-electron chi connectivity index (χ1n) is 7.17. The highest BCUT2D eigenvalue weighted by molar-refractivity contribution is 5.97. The summed E-state index contributed by atoms with van der Waals surface area (Å²) in [5.74, 6) is -0.149. The second-order valence-electron chi connectivity index (χ2n) is 6.60. The lowest BCUT2D eigenvalue weighted by molar-refractivity contribution is -0.119. The van der Waals surface area contributed by atoms with Gasteiger partial charge in [0, 0.05) is 24.8 Å². The number of hydrogen-bond donors (Lipinski definition) is 2. The van der Waals surface area contributed by atoms with E-state index in [4.69, 9.17) is 5.73 Å². The van der Waals surface area contributed by atoms with E-state index in [9.17, 15) is 9.59 Å². The molecule has 1 aliphatic heterocycles. The van der Waals surface area contributed by atoms with Crippen molar-refractivity contribution in [2.24, 2.45) is 11.1 Å². The van der Waals surface area contributed by atoms with Crippen molar-refractivity contribution in [3.8, 4) is 0 Å². The van der Waals surface area contributed by atoms with Crippen molar-refractivity contribution in [2.45, 2.75) is 40.2 Å². The SMILES string of the molecule is CC(=O)N1CCc2cc(NC(=O)[C@@H](N)C(C)(C)C)ccc21. The monoisotopic (exact) mass is 289 g/mol. The van der Waals surface area contributed by atoms with Gasteiger partial charge < -0.3 is 16.0 Å². The summed E-state index contributed by atoms with van der Waals surface area (Å²) in [7, 11) is 0. The zero-order chi connectivity index (χ0) is 15.8. The summed E-state index contributed by atoms with van der Waals surface area (Å²) in [4.78, 5) is 25.4. The van der Waals surface area contributed by atoms with Crippen LogP contribution in [0.25, 0.3) is 0 Å². The number of amides is 2. The molecule has 0 bridgehead atoms. The number of fused-ring (bicyclic) bond motifs is 1. The van der Waals surface area contributed by atoms with E-state index >= 15 is 0 Å². The van der Waals surface area contributed by atoms with Crippen LogP contribution in [0.5, 0.6) is 0 Å². The molecule has 0 fully saturated rings. The van der Waals surface area contributed by atoms with Crippen molar-refractivity contribution in [1.82, 2.24) is 0 Å². The predicted octanol–water partition coefficient (Wildman–Crippen LogP) is 1.91. The number of carbonyl (C=O) groups is 2. The quantitative estimate of drug-likeness (QED) is 0.873. The summed E-state index contributed by atoms with van der Waals surface area (Å²) in [5.41, 5.74) is 8.40. The molecule has 21 heavy (non-hydrogen) atoms. The first kappa shape index (κ1) is 15.5. The normalized spacial score (nSPS) is 15.6. The lowest BCUT2D eigenvalue weighted by Gasteiger charge is -2.26. The fourth-order valence-corrected chi connectivity index (χ4v) is 2.42. The van der Waals surface area contributed by atoms with Crippen molar-refractivity contribution in [3.05, 3.63) is 23.8 Å². The van der Waals surface area contributed by atoms with Crippen LogP contribution in [-0.2, 0) is 16.0 Å². The van der Waals surface area contributed by atoms with Gasteiger partial charge in [0.15, 0.2) is 0 Å². The Labute approximate surface area is 125 Å². The lowest BCUT2D eigenvalue weighted by Crippen LogP contribution is -2.45. The maximum absolute atomic E-state index is 12.1. The van der Waals surface area contributed by atoms with Crippen LogP contribution in [0.2, 0.25) is 0 Å². The zero-order valence-corrected chi connectivity index (χ0v) is 13.1. The van der Waals surface area contributed by atoms with Crippen molar-refractivity contribution in [1.29, 1.82) is 0 Å². The van der Waals surface area contributed by atoms with E-state index in [0.717, 1.165) is 23.4 Å². The van der Waals surface area contributed by atoms with Gasteiger partial charge in [0.2, 0.25) is 11.8 Å². The van der Waals surface area contributed by atoms with Crippen LogP contribution in [-0.4, -0.2) is 24.4 Å². The average molecular weight is 289 g/mol. The average Bonchev–Trinajstić information content (AvgIpc) is 2.79. The van der Waals surface area contributed by atoms with Gasteiger partial charge in [-0.1, -0.05) is 20.8 Å². The van der Waals surface area contributed by atoms with E-state index in [2.05, 4.69) is 5.32 Å². The van der Waals surface area contributed by atoms with Crippen molar-refractivity contribution in [2.75, 3.05) is 16.8 Å². The standard InChI is InChI=1S/C16H23N3O2/c1-10(20)19-8-7-11-9-12(5-6-13(11)19)18-15(21)14(17)16(2,3)4/h5-6,9,14H,7-8,17H2,1-4H3,(H,18,21)/t14-/m1/s1. The summed E-state index contributed by atoms with van der Waals surface area (Å²) in [6.45, 7) is 8.07.